The fourth-order valence-electron chi connectivity index (χ4n) is 3.51. The third kappa shape index (κ3) is 5.59. The Morgan fingerprint density at radius 2 is 1.94 bits per heavy atom. The lowest BCUT2D eigenvalue weighted by molar-refractivity contribution is -0.0512. The summed E-state index contributed by atoms with van der Waals surface area (Å²) in [6.07, 6.45) is 0.474. The Morgan fingerprint density at radius 1 is 1.17 bits per heavy atom. The molecule has 36 heavy (non-hydrogen) atoms. The van der Waals surface area contributed by atoms with Crippen LogP contribution in [-0.2, 0) is 11.3 Å². The molecule has 12 heteroatoms. The van der Waals surface area contributed by atoms with Crippen molar-refractivity contribution in [1.82, 2.24) is 10.2 Å². The van der Waals surface area contributed by atoms with Crippen LogP contribution in [0.5, 0.6) is 11.5 Å². The zero-order valence-corrected chi connectivity index (χ0v) is 19.3. The van der Waals surface area contributed by atoms with Crippen molar-refractivity contribution in [2.75, 3.05) is 12.4 Å². The molecule has 0 aliphatic carbocycles. The van der Waals surface area contributed by atoms with E-state index in [1.807, 2.05) is 6.92 Å². The highest BCUT2D eigenvalue weighted by Gasteiger charge is 2.31. The molecule has 1 unspecified atom stereocenters. The topological polar surface area (TPSA) is 115 Å². The first-order chi connectivity index (χ1) is 17.4. The Hall–Kier alpha value is -4.48. The molecule has 1 aliphatic heterocycles. The second-order valence-corrected chi connectivity index (χ2v) is 7.60. The lowest BCUT2D eigenvalue weighted by Gasteiger charge is -2.29. The number of methoxy groups -OCH3 is 1. The van der Waals surface area contributed by atoms with Crippen molar-refractivity contribution in [3.8, 4) is 11.5 Å². The van der Waals surface area contributed by atoms with E-state index >= 15 is 0 Å². The molecule has 10 nitrogen and oxygen atoms in total. The zero-order valence-electron chi connectivity index (χ0n) is 19.3. The van der Waals surface area contributed by atoms with E-state index in [0.29, 0.717) is 28.9 Å². The van der Waals surface area contributed by atoms with E-state index in [0.717, 1.165) is 5.01 Å². The molecule has 188 valence electrons. The molecule has 3 aromatic rings. The number of anilines is 1. The first-order valence-electron chi connectivity index (χ1n) is 10.9. The van der Waals surface area contributed by atoms with Crippen LogP contribution in [0.25, 0.3) is 0 Å². The molecule has 1 atom stereocenters. The van der Waals surface area contributed by atoms with Gasteiger partial charge >= 0.3 is 12.7 Å². The number of ether oxygens (including phenoxy) is 3. The van der Waals surface area contributed by atoms with E-state index in [1.54, 1.807) is 30.3 Å². The summed E-state index contributed by atoms with van der Waals surface area (Å²) in [5, 5.41) is 11.8. The number of carbonyl (C=O) groups is 2. The Morgan fingerprint density at radius 3 is 2.58 bits per heavy atom. The molecule has 0 spiro atoms. The van der Waals surface area contributed by atoms with Crippen molar-refractivity contribution >= 4 is 23.4 Å². The number of hydrazone groups is 1. The summed E-state index contributed by atoms with van der Waals surface area (Å²) >= 11 is 0. The van der Waals surface area contributed by atoms with Crippen LogP contribution < -0.4 is 14.8 Å². The maximum absolute atomic E-state index is 12.9. The first kappa shape index (κ1) is 24.6. The molecular formula is C24H22F2N4O6. The monoisotopic (exact) mass is 500 g/mol. The van der Waals surface area contributed by atoms with E-state index in [4.69, 9.17) is 14.0 Å². The SMILES string of the molecule is CCC1OC(=O)N(Cc2ccc(NC(=O)c3ccno3)cc2)N=C1c1ccc(OC)c(OC(F)F)c1. The maximum atomic E-state index is 12.9. The van der Waals surface area contributed by atoms with Gasteiger partial charge in [-0.05, 0) is 42.3 Å². The summed E-state index contributed by atoms with van der Waals surface area (Å²) in [6.45, 7) is -1.15. The summed E-state index contributed by atoms with van der Waals surface area (Å²) in [5.41, 5.74) is 2.05. The summed E-state index contributed by atoms with van der Waals surface area (Å²) in [4.78, 5) is 24.7. The van der Waals surface area contributed by atoms with Crippen LogP contribution in [-0.4, -0.2) is 47.7 Å². The molecule has 1 N–H and O–H groups in total. The summed E-state index contributed by atoms with van der Waals surface area (Å²) in [5.74, 6) is -0.403. The van der Waals surface area contributed by atoms with Gasteiger partial charge in [-0.1, -0.05) is 24.2 Å². The molecule has 2 aromatic carbocycles. The van der Waals surface area contributed by atoms with Gasteiger partial charge in [0.05, 0.1) is 19.9 Å². The fraction of sp³-hybridized carbons (Fsp3) is 0.250. The predicted molar refractivity (Wildman–Crippen MR) is 123 cm³/mol. The molecule has 0 saturated heterocycles. The van der Waals surface area contributed by atoms with Gasteiger partial charge in [-0.25, -0.2) is 4.79 Å². The number of carbonyl (C=O) groups excluding carboxylic acids is 2. The van der Waals surface area contributed by atoms with Crippen molar-refractivity contribution < 1.29 is 37.1 Å². The molecule has 2 heterocycles. The number of hydrogen-bond donors (Lipinski definition) is 1. The smallest absolute Gasteiger partial charge is 0.431 e. The van der Waals surface area contributed by atoms with Gasteiger partial charge in [0, 0.05) is 17.3 Å². The van der Waals surface area contributed by atoms with Gasteiger partial charge in [0.25, 0.3) is 5.91 Å². The van der Waals surface area contributed by atoms with E-state index < -0.39 is 24.7 Å². The molecule has 0 bridgehead atoms. The highest BCUT2D eigenvalue weighted by molar-refractivity contribution is 6.06. The minimum absolute atomic E-state index is 0.0723. The molecule has 4 rings (SSSR count). The Kier molecular flexibility index (Phi) is 7.42. The lowest BCUT2D eigenvalue weighted by atomic mass is 10.0. The number of hydrogen-bond acceptors (Lipinski definition) is 8. The predicted octanol–water partition coefficient (Wildman–Crippen LogP) is 4.67. The molecule has 0 fully saturated rings. The van der Waals surface area contributed by atoms with Crippen LogP contribution >= 0.6 is 0 Å². The molecular weight excluding hydrogens is 478 g/mol. The van der Waals surface area contributed by atoms with Crippen molar-refractivity contribution in [2.24, 2.45) is 5.10 Å². The molecule has 0 radical (unpaired) electrons. The van der Waals surface area contributed by atoms with Crippen LogP contribution in [0.3, 0.4) is 0 Å². The third-order valence-corrected chi connectivity index (χ3v) is 5.24. The molecule has 2 amide bonds. The van der Waals surface area contributed by atoms with E-state index in [1.165, 1.54) is 31.5 Å². The maximum Gasteiger partial charge on any atom is 0.431 e. The average Bonchev–Trinajstić information content (AvgIpc) is 3.41. The van der Waals surface area contributed by atoms with Crippen LogP contribution in [0.15, 0.2) is 64.4 Å². The number of nitrogens with one attached hydrogen (secondary N) is 1. The van der Waals surface area contributed by atoms with Gasteiger partial charge < -0.3 is 24.1 Å². The minimum atomic E-state index is -3.04. The van der Waals surface area contributed by atoms with Crippen LogP contribution in [0.1, 0.15) is 35.0 Å². The van der Waals surface area contributed by atoms with Crippen molar-refractivity contribution in [3.05, 3.63) is 71.6 Å². The van der Waals surface area contributed by atoms with Gasteiger partial charge in [-0.3, -0.25) is 4.79 Å². The average molecular weight is 500 g/mol. The highest BCUT2D eigenvalue weighted by Crippen LogP contribution is 2.31. The van der Waals surface area contributed by atoms with E-state index in [2.05, 4.69) is 20.3 Å². The van der Waals surface area contributed by atoms with Gasteiger partial charge in [0.15, 0.2) is 11.5 Å². The Balaban J connectivity index is 1.54. The fourth-order valence-corrected chi connectivity index (χ4v) is 3.51. The van der Waals surface area contributed by atoms with Gasteiger partial charge in [-0.15, -0.1) is 0 Å². The number of alkyl halides is 2. The van der Waals surface area contributed by atoms with Crippen LogP contribution in [0.4, 0.5) is 19.3 Å². The summed E-state index contributed by atoms with van der Waals surface area (Å²) in [7, 11) is 1.34. The standard InChI is InChI=1S/C24H22F2N4O6/c1-3-17-21(15-6-9-18(33-2)20(12-15)34-23(25)26)29-30(24(32)35-17)13-14-4-7-16(8-5-14)28-22(31)19-10-11-27-36-19/h4-12,17,23H,3,13H2,1-2H3,(H,28,31). The van der Waals surface area contributed by atoms with Gasteiger partial charge in [-0.2, -0.15) is 18.9 Å². The summed E-state index contributed by atoms with van der Waals surface area (Å²) in [6, 6.07) is 12.7. The van der Waals surface area contributed by atoms with E-state index in [9.17, 15) is 18.4 Å². The molecule has 1 aliphatic rings. The quantitative estimate of drug-likeness (QED) is 0.454. The van der Waals surface area contributed by atoms with Crippen molar-refractivity contribution in [1.29, 1.82) is 0 Å². The highest BCUT2D eigenvalue weighted by atomic mass is 19.3. The number of nitrogens with zero attached hydrogens (tertiary/aromatic N) is 3. The van der Waals surface area contributed by atoms with Crippen molar-refractivity contribution in [3.63, 3.8) is 0 Å². The normalized spacial score (nSPS) is 15.4. The van der Waals surface area contributed by atoms with Crippen LogP contribution in [0.2, 0.25) is 0 Å². The molecule has 0 saturated carbocycles. The summed E-state index contributed by atoms with van der Waals surface area (Å²) < 4.78 is 45.7. The number of halogens is 2. The Labute approximate surface area is 204 Å². The zero-order chi connectivity index (χ0) is 25.7. The minimum Gasteiger partial charge on any atom is -0.493 e. The third-order valence-electron chi connectivity index (χ3n) is 5.24. The second kappa shape index (κ2) is 10.8. The second-order valence-electron chi connectivity index (χ2n) is 7.60. The number of cyclic esters (lactones) is 1. The number of aromatic nitrogens is 1. The van der Waals surface area contributed by atoms with Gasteiger partial charge in [0.2, 0.25) is 5.76 Å². The van der Waals surface area contributed by atoms with E-state index in [-0.39, 0.29) is 23.8 Å². The van der Waals surface area contributed by atoms with Gasteiger partial charge in [0.1, 0.15) is 11.8 Å². The van der Waals surface area contributed by atoms with Crippen LogP contribution in [0, 0.1) is 0 Å². The molecule has 1 aromatic heterocycles. The number of benzene rings is 2. The Bertz CT molecular complexity index is 1250. The van der Waals surface area contributed by atoms with Crippen molar-refractivity contribution in [2.45, 2.75) is 32.6 Å². The number of rotatable bonds is 9. The largest absolute Gasteiger partial charge is 0.493 e. The first-order valence-corrected chi connectivity index (χ1v) is 10.9. The number of amides is 2. The lowest BCUT2D eigenvalue weighted by Crippen LogP contribution is -2.41.